The van der Waals surface area contributed by atoms with E-state index >= 15 is 0 Å². The van der Waals surface area contributed by atoms with Gasteiger partial charge in [0.2, 0.25) is 5.69 Å². The minimum absolute atomic E-state index is 0.209. The summed E-state index contributed by atoms with van der Waals surface area (Å²) in [5.74, 6) is 0.886. The number of azo groups is 1. The van der Waals surface area contributed by atoms with Crippen molar-refractivity contribution in [3.8, 4) is 0 Å². The summed E-state index contributed by atoms with van der Waals surface area (Å²) in [4.78, 5) is 3.56. The Morgan fingerprint density at radius 3 is 2.19 bits per heavy atom. The molecule has 26 heavy (non-hydrogen) atoms. The molecule has 136 valence electrons. The van der Waals surface area contributed by atoms with Crippen molar-refractivity contribution in [2.45, 2.75) is 59.3 Å². The zero-order valence-corrected chi connectivity index (χ0v) is 16.0. The van der Waals surface area contributed by atoms with Crippen molar-refractivity contribution in [3.05, 3.63) is 28.6 Å². The van der Waals surface area contributed by atoms with Gasteiger partial charge in [0.15, 0.2) is 0 Å². The smallest absolute Gasteiger partial charge is 0.210 e. The van der Waals surface area contributed by atoms with Gasteiger partial charge in [-0.3, -0.25) is 20.4 Å². The van der Waals surface area contributed by atoms with Gasteiger partial charge in [0.05, 0.1) is 23.6 Å². The van der Waals surface area contributed by atoms with Gasteiger partial charge in [-0.05, 0) is 18.2 Å². The van der Waals surface area contributed by atoms with Crippen molar-refractivity contribution < 1.29 is 0 Å². The Kier molecular flexibility index (Phi) is 3.94. The molecule has 0 saturated carbocycles. The van der Waals surface area contributed by atoms with Crippen LogP contribution in [0.5, 0.6) is 0 Å². The maximum atomic E-state index is 7.46. The van der Waals surface area contributed by atoms with E-state index in [0.29, 0.717) is 28.5 Å². The molecular weight excluding hydrogens is 330 g/mol. The van der Waals surface area contributed by atoms with Gasteiger partial charge in [-0.2, -0.15) is 0 Å². The van der Waals surface area contributed by atoms with Crippen LogP contribution in [0, 0.1) is 13.5 Å². The Morgan fingerprint density at radius 1 is 0.962 bits per heavy atom. The molecule has 9 heteroatoms. The number of hydrogen-bond donors (Lipinski definition) is 0. The van der Waals surface area contributed by atoms with Gasteiger partial charge in [0.1, 0.15) is 0 Å². The van der Waals surface area contributed by atoms with Crippen molar-refractivity contribution >= 4 is 22.8 Å². The highest BCUT2D eigenvalue weighted by molar-refractivity contribution is 5.69. The SMILES string of the molecule is [C-]#[N+]c1c(C(C)(C)C)n[n-]c1N=Nc1c(C(C)(C)C)nn2c(C)n[n-]c12. The minimum Gasteiger partial charge on any atom is -0.365 e. The second-order valence-corrected chi connectivity index (χ2v) is 8.21. The van der Waals surface area contributed by atoms with Crippen LogP contribution in [-0.4, -0.2) is 19.8 Å². The summed E-state index contributed by atoms with van der Waals surface area (Å²) in [6.45, 7) is 21.4. The molecule has 3 aromatic rings. The Morgan fingerprint density at radius 2 is 1.62 bits per heavy atom. The molecule has 0 amide bonds. The Labute approximate surface area is 151 Å². The average Bonchev–Trinajstić information content (AvgIpc) is 3.18. The molecule has 0 aliphatic heterocycles. The molecule has 0 unspecified atom stereocenters. The summed E-state index contributed by atoms with van der Waals surface area (Å²) in [6.07, 6.45) is 0. The number of aromatic nitrogens is 6. The molecule has 0 bridgehead atoms. The Bertz CT molecular complexity index is 1030. The molecule has 3 heterocycles. The molecule has 0 spiro atoms. The van der Waals surface area contributed by atoms with E-state index < -0.39 is 0 Å². The first kappa shape index (κ1) is 17.8. The first-order valence-corrected chi connectivity index (χ1v) is 8.26. The molecule has 9 nitrogen and oxygen atoms in total. The summed E-state index contributed by atoms with van der Waals surface area (Å²) in [7, 11) is 0. The lowest BCUT2D eigenvalue weighted by Crippen LogP contribution is -2.12. The van der Waals surface area contributed by atoms with Gasteiger partial charge in [0.25, 0.3) is 0 Å². The second-order valence-electron chi connectivity index (χ2n) is 8.21. The van der Waals surface area contributed by atoms with Crippen molar-refractivity contribution in [2.24, 2.45) is 10.2 Å². The first-order chi connectivity index (χ1) is 12.0. The quantitative estimate of drug-likeness (QED) is 0.515. The number of fused-ring (bicyclic) bond motifs is 1. The number of aryl methyl sites for hydroxylation is 1. The molecule has 0 aliphatic carbocycles. The lowest BCUT2D eigenvalue weighted by Gasteiger charge is -2.18. The van der Waals surface area contributed by atoms with Crippen molar-refractivity contribution in [2.75, 3.05) is 0 Å². The van der Waals surface area contributed by atoms with Crippen LogP contribution in [0.3, 0.4) is 0 Å². The summed E-state index contributed by atoms with van der Waals surface area (Å²) in [6, 6.07) is 0. The predicted octanol–water partition coefficient (Wildman–Crippen LogP) is 3.91. The van der Waals surface area contributed by atoms with E-state index in [4.69, 9.17) is 6.57 Å². The van der Waals surface area contributed by atoms with Crippen LogP contribution in [0.15, 0.2) is 10.2 Å². The van der Waals surface area contributed by atoms with E-state index in [2.05, 4.69) is 40.6 Å². The van der Waals surface area contributed by atoms with Crippen LogP contribution < -0.4 is 10.2 Å². The van der Waals surface area contributed by atoms with Gasteiger partial charge in [-0.1, -0.05) is 41.5 Å². The van der Waals surface area contributed by atoms with Crippen LogP contribution in [0.2, 0.25) is 0 Å². The standard InChI is InChI=1S/C17H21N9/c1-9-19-24-15-11(13(17(5,6)7)25-26(9)15)20-22-14-10(18-8)12(21-23-14)16(2,3)4/h1-7H3/q-2. The summed E-state index contributed by atoms with van der Waals surface area (Å²) in [5, 5.41) is 29.5. The molecule has 0 radical (unpaired) electrons. The zero-order chi connectivity index (χ0) is 19.3. The van der Waals surface area contributed by atoms with Crippen LogP contribution in [0.4, 0.5) is 17.2 Å². The van der Waals surface area contributed by atoms with Crippen molar-refractivity contribution in [3.63, 3.8) is 0 Å². The van der Waals surface area contributed by atoms with Gasteiger partial charge in [-0.15, -0.1) is 0 Å². The molecule has 0 atom stereocenters. The first-order valence-electron chi connectivity index (χ1n) is 8.26. The Balaban J connectivity index is 2.13. The third-order valence-electron chi connectivity index (χ3n) is 3.89. The fraction of sp³-hybridized carbons (Fsp3) is 0.529. The molecule has 0 saturated heterocycles. The highest BCUT2D eigenvalue weighted by Gasteiger charge is 2.23. The minimum atomic E-state index is -0.295. The second kappa shape index (κ2) is 5.76. The van der Waals surface area contributed by atoms with Gasteiger partial charge >= 0.3 is 0 Å². The van der Waals surface area contributed by atoms with Crippen LogP contribution in [0.25, 0.3) is 10.5 Å². The lowest BCUT2D eigenvalue weighted by atomic mass is 9.91. The maximum Gasteiger partial charge on any atom is 0.210 e. The topological polar surface area (TPSA) is 100 Å². The summed E-state index contributed by atoms with van der Waals surface area (Å²) in [5.41, 5.74) is 2.22. The van der Waals surface area contributed by atoms with E-state index in [9.17, 15) is 0 Å². The molecule has 0 aliphatic rings. The molecular formula is C17H21N9-2. The number of nitrogens with zero attached hydrogens (tertiary/aromatic N) is 9. The van der Waals surface area contributed by atoms with Crippen molar-refractivity contribution in [1.29, 1.82) is 0 Å². The van der Waals surface area contributed by atoms with E-state index in [-0.39, 0.29) is 16.6 Å². The Hall–Kier alpha value is -3.02. The fourth-order valence-electron chi connectivity index (χ4n) is 2.55. The number of hydrogen-bond acceptors (Lipinski definition) is 5. The third-order valence-corrected chi connectivity index (χ3v) is 3.89. The average molecular weight is 351 g/mol. The number of rotatable bonds is 2. The van der Waals surface area contributed by atoms with E-state index in [0.717, 1.165) is 5.69 Å². The van der Waals surface area contributed by atoms with Crippen LogP contribution in [-0.2, 0) is 10.8 Å². The van der Waals surface area contributed by atoms with Gasteiger partial charge in [-0.25, -0.2) is 4.85 Å². The van der Waals surface area contributed by atoms with Crippen LogP contribution in [0.1, 0.15) is 58.8 Å². The molecule has 0 N–H and O–H groups in total. The highest BCUT2D eigenvalue weighted by atomic mass is 15.4. The zero-order valence-electron chi connectivity index (χ0n) is 16.0. The molecule has 3 aromatic heterocycles. The van der Waals surface area contributed by atoms with Crippen LogP contribution >= 0.6 is 0 Å². The summed E-state index contributed by atoms with van der Waals surface area (Å²) < 4.78 is 1.65. The van der Waals surface area contributed by atoms with Gasteiger partial charge in [0, 0.05) is 16.9 Å². The van der Waals surface area contributed by atoms with E-state index in [1.165, 1.54) is 0 Å². The largest absolute Gasteiger partial charge is 0.365 e. The fourth-order valence-corrected chi connectivity index (χ4v) is 2.55. The normalized spacial score (nSPS) is 13.0. The predicted molar refractivity (Wildman–Crippen MR) is 96.4 cm³/mol. The van der Waals surface area contributed by atoms with Crippen molar-refractivity contribution in [1.82, 2.24) is 30.0 Å². The monoisotopic (exact) mass is 351 g/mol. The van der Waals surface area contributed by atoms with E-state index in [1.807, 2.05) is 48.5 Å². The van der Waals surface area contributed by atoms with Gasteiger partial charge < -0.3 is 19.8 Å². The highest BCUT2D eigenvalue weighted by Crippen LogP contribution is 2.39. The lowest BCUT2D eigenvalue weighted by molar-refractivity contribution is 0.561. The third kappa shape index (κ3) is 2.87. The molecule has 0 fully saturated rings. The molecule has 0 aromatic carbocycles. The maximum absolute atomic E-state index is 7.46. The summed E-state index contributed by atoms with van der Waals surface area (Å²) >= 11 is 0. The molecule has 3 rings (SSSR count). The van der Waals surface area contributed by atoms with E-state index in [1.54, 1.807) is 4.52 Å².